The lowest BCUT2D eigenvalue weighted by Gasteiger charge is -2.13. The zero-order valence-corrected chi connectivity index (χ0v) is 11.6. The standard InChI is InChI=1S/C15H20O2S/c1-12(18-14-6-4-3-5-7-14)8-9-13-10-11-15(16-2)17-13/h3-7,13,15H,1,8-11H2,2H3. The number of hydrogen-bond donors (Lipinski definition) is 0. The van der Waals surface area contributed by atoms with E-state index in [9.17, 15) is 0 Å². The van der Waals surface area contributed by atoms with Crippen LogP contribution in [0.15, 0.2) is 46.7 Å². The predicted molar refractivity (Wildman–Crippen MR) is 75.6 cm³/mol. The van der Waals surface area contributed by atoms with Crippen LogP contribution in [-0.2, 0) is 9.47 Å². The summed E-state index contributed by atoms with van der Waals surface area (Å²) in [5.41, 5.74) is 0. The minimum atomic E-state index is 0.00467. The van der Waals surface area contributed by atoms with Crippen LogP contribution < -0.4 is 0 Å². The van der Waals surface area contributed by atoms with Gasteiger partial charge in [0.1, 0.15) is 0 Å². The molecule has 1 fully saturated rings. The minimum absolute atomic E-state index is 0.00467. The van der Waals surface area contributed by atoms with E-state index in [1.165, 1.54) is 9.80 Å². The van der Waals surface area contributed by atoms with E-state index < -0.39 is 0 Å². The third-order valence-electron chi connectivity index (χ3n) is 3.08. The minimum Gasteiger partial charge on any atom is -0.356 e. The van der Waals surface area contributed by atoms with Crippen LogP contribution in [0.3, 0.4) is 0 Å². The van der Waals surface area contributed by atoms with Crippen LogP contribution in [0.4, 0.5) is 0 Å². The molecule has 0 N–H and O–H groups in total. The number of allylic oxidation sites excluding steroid dienone is 1. The van der Waals surface area contributed by atoms with Crippen molar-refractivity contribution in [2.75, 3.05) is 7.11 Å². The molecule has 2 unspecified atom stereocenters. The summed E-state index contributed by atoms with van der Waals surface area (Å²) in [4.78, 5) is 2.45. The molecule has 0 aromatic heterocycles. The first-order valence-corrected chi connectivity index (χ1v) is 7.18. The van der Waals surface area contributed by atoms with E-state index in [-0.39, 0.29) is 6.29 Å². The molecule has 1 aliphatic rings. The van der Waals surface area contributed by atoms with Gasteiger partial charge in [-0.15, -0.1) is 0 Å². The van der Waals surface area contributed by atoms with Gasteiger partial charge >= 0.3 is 0 Å². The van der Waals surface area contributed by atoms with E-state index in [1.54, 1.807) is 18.9 Å². The van der Waals surface area contributed by atoms with Crippen molar-refractivity contribution in [3.63, 3.8) is 0 Å². The first-order chi connectivity index (χ1) is 8.78. The van der Waals surface area contributed by atoms with Crippen molar-refractivity contribution in [1.29, 1.82) is 0 Å². The molecule has 2 atom stereocenters. The molecule has 0 saturated carbocycles. The van der Waals surface area contributed by atoms with Crippen molar-refractivity contribution >= 4 is 11.8 Å². The average Bonchev–Trinajstić information content (AvgIpc) is 2.85. The maximum Gasteiger partial charge on any atom is 0.157 e. The Morgan fingerprint density at radius 2 is 2.17 bits per heavy atom. The monoisotopic (exact) mass is 264 g/mol. The Balaban J connectivity index is 1.69. The summed E-state index contributed by atoms with van der Waals surface area (Å²) < 4.78 is 10.9. The van der Waals surface area contributed by atoms with E-state index in [0.717, 1.165) is 25.7 Å². The molecule has 0 amide bonds. The molecule has 1 heterocycles. The van der Waals surface area contributed by atoms with Crippen molar-refractivity contribution in [3.8, 4) is 0 Å². The highest BCUT2D eigenvalue weighted by Gasteiger charge is 2.24. The van der Waals surface area contributed by atoms with Gasteiger partial charge in [-0.2, -0.15) is 0 Å². The average molecular weight is 264 g/mol. The van der Waals surface area contributed by atoms with Crippen LogP contribution in [0.5, 0.6) is 0 Å². The van der Waals surface area contributed by atoms with Gasteiger partial charge in [0, 0.05) is 18.4 Å². The zero-order valence-electron chi connectivity index (χ0n) is 10.8. The number of thioether (sulfide) groups is 1. The molecule has 18 heavy (non-hydrogen) atoms. The van der Waals surface area contributed by atoms with Crippen LogP contribution >= 0.6 is 11.8 Å². The fourth-order valence-electron chi connectivity index (χ4n) is 2.09. The summed E-state index contributed by atoms with van der Waals surface area (Å²) in [5, 5.41) is 0. The Bertz CT molecular complexity index is 377. The highest BCUT2D eigenvalue weighted by Crippen LogP contribution is 2.31. The van der Waals surface area contributed by atoms with Gasteiger partial charge < -0.3 is 9.47 Å². The van der Waals surface area contributed by atoms with Crippen LogP contribution in [0.1, 0.15) is 25.7 Å². The topological polar surface area (TPSA) is 18.5 Å². The summed E-state index contributed by atoms with van der Waals surface area (Å²) in [6.07, 6.45) is 4.49. The number of methoxy groups -OCH3 is 1. The second kappa shape index (κ2) is 6.98. The lowest BCUT2D eigenvalue weighted by atomic mass is 10.1. The molecule has 1 aromatic rings. The number of hydrogen-bond acceptors (Lipinski definition) is 3. The van der Waals surface area contributed by atoms with E-state index in [4.69, 9.17) is 9.47 Å². The summed E-state index contributed by atoms with van der Waals surface area (Å²) in [7, 11) is 1.71. The number of benzene rings is 1. The molecule has 1 aromatic carbocycles. The van der Waals surface area contributed by atoms with Gasteiger partial charge in [-0.05, 0) is 36.3 Å². The molecule has 2 nitrogen and oxygen atoms in total. The lowest BCUT2D eigenvalue weighted by Crippen LogP contribution is -2.12. The van der Waals surface area contributed by atoms with Gasteiger partial charge in [0.15, 0.2) is 6.29 Å². The van der Waals surface area contributed by atoms with Gasteiger partial charge in [-0.25, -0.2) is 0 Å². The third kappa shape index (κ3) is 4.16. The first kappa shape index (κ1) is 13.7. The van der Waals surface area contributed by atoms with Crippen molar-refractivity contribution in [1.82, 2.24) is 0 Å². The second-order valence-electron chi connectivity index (χ2n) is 4.49. The smallest absolute Gasteiger partial charge is 0.157 e. The summed E-state index contributed by atoms with van der Waals surface area (Å²) in [6.45, 7) is 4.13. The molecular formula is C15H20O2S. The Morgan fingerprint density at radius 3 is 2.83 bits per heavy atom. The quantitative estimate of drug-likeness (QED) is 0.717. The Labute approximate surface area is 113 Å². The Kier molecular flexibility index (Phi) is 5.29. The molecule has 0 spiro atoms. The molecule has 0 bridgehead atoms. The van der Waals surface area contributed by atoms with Crippen LogP contribution in [-0.4, -0.2) is 19.5 Å². The fourth-order valence-corrected chi connectivity index (χ4v) is 2.93. The molecule has 0 aliphatic carbocycles. The van der Waals surface area contributed by atoms with Crippen molar-refractivity contribution in [2.24, 2.45) is 0 Å². The van der Waals surface area contributed by atoms with E-state index in [2.05, 4.69) is 30.8 Å². The summed E-state index contributed by atoms with van der Waals surface area (Å²) in [6, 6.07) is 10.4. The van der Waals surface area contributed by atoms with Gasteiger partial charge in [0.05, 0.1) is 6.10 Å². The first-order valence-electron chi connectivity index (χ1n) is 6.37. The van der Waals surface area contributed by atoms with E-state index in [0.29, 0.717) is 6.10 Å². The van der Waals surface area contributed by atoms with Gasteiger partial charge in [0.25, 0.3) is 0 Å². The van der Waals surface area contributed by atoms with Crippen molar-refractivity contribution < 1.29 is 9.47 Å². The molecule has 0 radical (unpaired) electrons. The molecular weight excluding hydrogens is 244 g/mol. The van der Waals surface area contributed by atoms with Crippen LogP contribution in [0, 0.1) is 0 Å². The van der Waals surface area contributed by atoms with E-state index in [1.807, 2.05) is 6.07 Å². The summed E-state index contributed by atoms with van der Waals surface area (Å²) in [5.74, 6) is 0. The predicted octanol–water partition coefficient (Wildman–Crippen LogP) is 4.22. The molecule has 1 saturated heterocycles. The van der Waals surface area contributed by atoms with Crippen molar-refractivity contribution in [3.05, 3.63) is 41.8 Å². The van der Waals surface area contributed by atoms with E-state index >= 15 is 0 Å². The fraction of sp³-hybridized carbons (Fsp3) is 0.467. The number of ether oxygens (including phenoxy) is 2. The van der Waals surface area contributed by atoms with Crippen molar-refractivity contribution in [2.45, 2.75) is 43.0 Å². The highest BCUT2D eigenvalue weighted by atomic mass is 32.2. The molecule has 2 rings (SSSR count). The second-order valence-corrected chi connectivity index (χ2v) is 5.75. The maximum atomic E-state index is 5.74. The van der Waals surface area contributed by atoms with Crippen LogP contribution in [0.25, 0.3) is 0 Å². The third-order valence-corrected chi connectivity index (χ3v) is 4.08. The zero-order chi connectivity index (χ0) is 12.8. The Morgan fingerprint density at radius 1 is 1.39 bits per heavy atom. The van der Waals surface area contributed by atoms with Gasteiger partial charge in [0.2, 0.25) is 0 Å². The maximum absolute atomic E-state index is 5.74. The van der Waals surface area contributed by atoms with Gasteiger partial charge in [-0.3, -0.25) is 0 Å². The SMILES string of the molecule is C=C(CCC1CCC(OC)O1)Sc1ccccc1. The Hall–Kier alpha value is -0.770. The summed E-state index contributed by atoms with van der Waals surface area (Å²) >= 11 is 1.75. The highest BCUT2D eigenvalue weighted by molar-refractivity contribution is 8.03. The lowest BCUT2D eigenvalue weighted by molar-refractivity contribution is -0.115. The normalized spacial score (nSPS) is 23.2. The molecule has 1 aliphatic heterocycles. The number of rotatable bonds is 6. The van der Waals surface area contributed by atoms with Crippen LogP contribution in [0.2, 0.25) is 0 Å². The van der Waals surface area contributed by atoms with Gasteiger partial charge in [-0.1, -0.05) is 36.5 Å². The largest absolute Gasteiger partial charge is 0.356 e. The molecule has 98 valence electrons. The molecule has 3 heteroatoms.